The van der Waals surface area contributed by atoms with Crippen molar-refractivity contribution in [2.45, 2.75) is 0 Å². The van der Waals surface area contributed by atoms with Crippen LogP contribution in [-0.2, 0) is 0 Å². The van der Waals surface area contributed by atoms with E-state index in [1.807, 2.05) is 11.0 Å². The van der Waals surface area contributed by atoms with Crippen molar-refractivity contribution in [3.05, 3.63) is 64.7 Å². The largest absolute Gasteiger partial charge is 0.393 e. The summed E-state index contributed by atoms with van der Waals surface area (Å²) in [4.78, 5) is 12.7. The van der Waals surface area contributed by atoms with Crippen molar-refractivity contribution < 1.29 is 4.39 Å². The Labute approximate surface area is 178 Å². The molecule has 0 amide bonds. The molecule has 0 radical (unpaired) electrons. The van der Waals surface area contributed by atoms with Gasteiger partial charge in [-0.3, -0.25) is 0 Å². The summed E-state index contributed by atoms with van der Waals surface area (Å²) in [7, 11) is 0. The Morgan fingerprint density at radius 3 is 2.45 bits per heavy atom. The number of hydrogen-bond acceptors (Lipinski definition) is 6. The van der Waals surface area contributed by atoms with E-state index in [0.29, 0.717) is 64.9 Å². The smallest absolute Gasteiger partial charge is 0.159 e. The van der Waals surface area contributed by atoms with Crippen molar-refractivity contribution in [2.75, 3.05) is 47.0 Å². The number of nitrogen functional groups attached to an aromatic ring is 1. The summed E-state index contributed by atoms with van der Waals surface area (Å²) in [5.74, 6) is 0.872. The van der Waals surface area contributed by atoms with E-state index in [2.05, 4.69) is 20.2 Å². The fraction of sp³-hybridized carbons (Fsp3) is 0.200. The van der Waals surface area contributed by atoms with Gasteiger partial charge < -0.3 is 20.9 Å². The van der Waals surface area contributed by atoms with E-state index in [0.717, 1.165) is 0 Å². The topological polar surface area (TPSA) is 70.3 Å². The summed E-state index contributed by atoms with van der Waals surface area (Å²) in [6, 6.07) is 11.9. The predicted octanol–water partition coefficient (Wildman–Crippen LogP) is 4.57. The number of hydrogen-bond donors (Lipinski definition) is 2. The predicted molar refractivity (Wildman–Crippen MR) is 117 cm³/mol. The third kappa shape index (κ3) is 4.16. The molecule has 2 heterocycles. The first-order chi connectivity index (χ1) is 14.0. The molecular formula is C20H19Cl2FN6. The van der Waals surface area contributed by atoms with Crippen molar-refractivity contribution in [2.24, 2.45) is 0 Å². The summed E-state index contributed by atoms with van der Waals surface area (Å²) in [6.45, 7) is 2.64. The number of nitrogens with two attached hydrogens (primary N) is 1. The van der Waals surface area contributed by atoms with Gasteiger partial charge in [-0.1, -0.05) is 35.3 Å². The highest BCUT2D eigenvalue weighted by atomic mass is 35.5. The van der Waals surface area contributed by atoms with Gasteiger partial charge in [0.1, 0.15) is 17.8 Å². The molecular weight excluding hydrogens is 414 g/mol. The molecule has 0 unspecified atom stereocenters. The van der Waals surface area contributed by atoms with Gasteiger partial charge in [0.2, 0.25) is 0 Å². The fourth-order valence-electron chi connectivity index (χ4n) is 3.33. The lowest BCUT2D eigenvalue weighted by atomic mass is 10.2. The number of halogens is 3. The molecule has 1 aliphatic heterocycles. The van der Waals surface area contributed by atoms with Gasteiger partial charge in [-0.05, 0) is 30.3 Å². The van der Waals surface area contributed by atoms with Crippen LogP contribution in [-0.4, -0.2) is 36.1 Å². The van der Waals surface area contributed by atoms with Gasteiger partial charge in [0.05, 0.1) is 16.4 Å². The van der Waals surface area contributed by atoms with Crippen LogP contribution in [0.1, 0.15) is 0 Å². The molecule has 0 saturated carbocycles. The van der Waals surface area contributed by atoms with Crippen molar-refractivity contribution in [1.29, 1.82) is 0 Å². The van der Waals surface area contributed by atoms with Crippen LogP contribution in [0.4, 0.5) is 33.1 Å². The Hall–Kier alpha value is -2.77. The molecule has 29 heavy (non-hydrogen) atoms. The molecule has 6 nitrogen and oxygen atoms in total. The maximum atomic E-state index is 14.1. The summed E-state index contributed by atoms with van der Waals surface area (Å²) in [5.41, 5.74) is 7.98. The third-order valence-electron chi connectivity index (χ3n) is 4.82. The first kappa shape index (κ1) is 19.5. The zero-order valence-corrected chi connectivity index (χ0v) is 17.0. The van der Waals surface area contributed by atoms with E-state index < -0.39 is 0 Å². The van der Waals surface area contributed by atoms with Crippen molar-refractivity contribution in [1.82, 2.24) is 9.97 Å². The number of benzene rings is 2. The number of aromatic nitrogens is 2. The lowest BCUT2D eigenvalue weighted by Crippen LogP contribution is -2.47. The number of para-hydroxylation sites is 1. The zero-order chi connectivity index (χ0) is 20.4. The highest BCUT2D eigenvalue weighted by molar-refractivity contribution is 6.35. The molecule has 0 bridgehead atoms. The molecule has 0 atom stereocenters. The van der Waals surface area contributed by atoms with E-state index in [1.54, 1.807) is 30.3 Å². The second-order valence-electron chi connectivity index (χ2n) is 6.63. The molecule has 3 aromatic rings. The third-order valence-corrected chi connectivity index (χ3v) is 5.38. The first-order valence-corrected chi connectivity index (χ1v) is 9.85. The van der Waals surface area contributed by atoms with Crippen LogP contribution in [0, 0.1) is 5.82 Å². The van der Waals surface area contributed by atoms with E-state index in [1.165, 1.54) is 12.4 Å². The Kier molecular flexibility index (Phi) is 5.60. The van der Waals surface area contributed by atoms with Crippen LogP contribution < -0.4 is 20.9 Å². The Morgan fingerprint density at radius 1 is 0.966 bits per heavy atom. The second kappa shape index (κ2) is 8.31. The van der Waals surface area contributed by atoms with E-state index in [4.69, 9.17) is 28.9 Å². The van der Waals surface area contributed by atoms with Crippen LogP contribution in [0.15, 0.2) is 48.8 Å². The van der Waals surface area contributed by atoms with Gasteiger partial charge in [-0.25, -0.2) is 14.4 Å². The summed E-state index contributed by atoms with van der Waals surface area (Å²) in [6.07, 6.45) is 1.45. The minimum atomic E-state index is -0.215. The molecule has 3 N–H and O–H groups in total. The molecule has 1 aliphatic rings. The number of piperazine rings is 1. The maximum Gasteiger partial charge on any atom is 0.159 e. The molecule has 2 aromatic carbocycles. The van der Waals surface area contributed by atoms with Gasteiger partial charge in [0.15, 0.2) is 11.6 Å². The summed E-state index contributed by atoms with van der Waals surface area (Å²) in [5, 5.41) is 4.18. The standard InChI is InChI=1S/C20H19Cl2FN6/c21-13-5-6-14(22)16(11-13)27-19-18(24)20(26-12-25-19)29-9-7-28(8-10-29)17-4-2-1-3-15(17)23/h1-6,11-12H,7-10,24H2,(H,25,26,27). The molecule has 0 aliphatic carbocycles. The lowest BCUT2D eigenvalue weighted by Gasteiger charge is -2.37. The van der Waals surface area contributed by atoms with E-state index >= 15 is 0 Å². The average molecular weight is 433 g/mol. The summed E-state index contributed by atoms with van der Waals surface area (Å²) < 4.78 is 14.1. The van der Waals surface area contributed by atoms with Gasteiger partial charge in [-0.2, -0.15) is 0 Å². The number of anilines is 5. The normalized spacial score (nSPS) is 14.2. The van der Waals surface area contributed by atoms with Crippen LogP contribution in [0.3, 0.4) is 0 Å². The number of nitrogens with one attached hydrogen (secondary N) is 1. The minimum absolute atomic E-state index is 0.215. The van der Waals surface area contributed by atoms with Crippen molar-refractivity contribution in [3.63, 3.8) is 0 Å². The molecule has 9 heteroatoms. The molecule has 1 fully saturated rings. The Morgan fingerprint density at radius 2 is 1.69 bits per heavy atom. The first-order valence-electron chi connectivity index (χ1n) is 9.10. The SMILES string of the molecule is Nc1c(Nc2cc(Cl)ccc2Cl)ncnc1N1CCN(c2ccccc2F)CC1. The Bertz CT molecular complexity index is 1020. The van der Waals surface area contributed by atoms with Crippen molar-refractivity contribution >= 4 is 51.9 Å². The molecule has 1 aromatic heterocycles. The van der Waals surface area contributed by atoms with E-state index in [9.17, 15) is 4.39 Å². The molecule has 150 valence electrons. The maximum absolute atomic E-state index is 14.1. The monoisotopic (exact) mass is 432 g/mol. The molecule has 1 saturated heterocycles. The zero-order valence-electron chi connectivity index (χ0n) is 15.4. The minimum Gasteiger partial charge on any atom is -0.393 e. The van der Waals surface area contributed by atoms with Gasteiger partial charge in [-0.15, -0.1) is 0 Å². The van der Waals surface area contributed by atoms with Crippen LogP contribution in [0.2, 0.25) is 10.0 Å². The highest BCUT2D eigenvalue weighted by Crippen LogP contribution is 2.33. The quantitative estimate of drug-likeness (QED) is 0.628. The van der Waals surface area contributed by atoms with Crippen LogP contribution >= 0.6 is 23.2 Å². The fourth-order valence-corrected chi connectivity index (χ4v) is 3.66. The van der Waals surface area contributed by atoms with Crippen LogP contribution in [0.25, 0.3) is 0 Å². The summed E-state index contributed by atoms with van der Waals surface area (Å²) >= 11 is 12.3. The molecule has 0 spiro atoms. The Balaban J connectivity index is 1.51. The van der Waals surface area contributed by atoms with Crippen molar-refractivity contribution in [3.8, 4) is 0 Å². The highest BCUT2D eigenvalue weighted by Gasteiger charge is 2.23. The van der Waals surface area contributed by atoms with E-state index in [-0.39, 0.29) is 5.82 Å². The lowest BCUT2D eigenvalue weighted by molar-refractivity contribution is 0.596. The second-order valence-corrected chi connectivity index (χ2v) is 7.48. The average Bonchev–Trinajstić information content (AvgIpc) is 2.73. The van der Waals surface area contributed by atoms with Gasteiger partial charge in [0.25, 0.3) is 0 Å². The van der Waals surface area contributed by atoms with Gasteiger partial charge >= 0.3 is 0 Å². The number of rotatable bonds is 4. The number of nitrogens with zero attached hydrogens (tertiary/aromatic N) is 4. The van der Waals surface area contributed by atoms with Crippen LogP contribution in [0.5, 0.6) is 0 Å². The van der Waals surface area contributed by atoms with Gasteiger partial charge in [0, 0.05) is 31.2 Å². The molecule has 4 rings (SSSR count).